The molecule has 0 aromatic carbocycles. The van der Waals surface area contributed by atoms with Crippen LogP contribution in [0.15, 0.2) is 35.5 Å². The number of esters is 3. The van der Waals surface area contributed by atoms with E-state index in [1.165, 1.54) is 0 Å². The molecule has 1 aliphatic carbocycles. The monoisotopic (exact) mass is 360 g/mol. The maximum atomic E-state index is 12.4. The van der Waals surface area contributed by atoms with Crippen molar-refractivity contribution in [1.29, 1.82) is 0 Å². The Balaban J connectivity index is 1.96. The smallest absolute Gasteiger partial charge is 0.334 e. The van der Waals surface area contributed by atoms with E-state index in [1.54, 1.807) is 13.0 Å². The molecule has 2 heterocycles. The van der Waals surface area contributed by atoms with Gasteiger partial charge in [0.25, 0.3) is 0 Å². The van der Waals surface area contributed by atoms with Crippen LogP contribution in [0.3, 0.4) is 0 Å². The SMILES string of the molecule is C=C1C(=O)O[C@H]2CC3=C[C@@H](C/C(C)=C/[C@@H](OC(=O)C(C)CC)[C@H]12)OC3=O. The Morgan fingerprint density at radius 3 is 2.69 bits per heavy atom. The first-order valence-corrected chi connectivity index (χ1v) is 8.99. The molecule has 0 spiro atoms. The van der Waals surface area contributed by atoms with Gasteiger partial charge in [-0.3, -0.25) is 4.79 Å². The van der Waals surface area contributed by atoms with E-state index in [4.69, 9.17) is 14.2 Å². The van der Waals surface area contributed by atoms with E-state index in [0.29, 0.717) is 18.4 Å². The van der Waals surface area contributed by atoms with Crippen molar-refractivity contribution >= 4 is 17.9 Å². The van der Waals surface area contributed by atoms with Crippen molar-refractivity contribution in [3.8, 4) is 0 Å². The Kier molecular flexibility index (Phi) is 5.03. The van der Waals surface area contributed by atoms with E-state index < -0.39 is 24.1 Å². The van der Waals surface area contributed by atoms with Crippen molar-refractivity contribution in [2.45, 2.75) is 58.3 Å². The van der Waals surface area contributed by atoms with E-state index >= 15 is 0 Å². The molecule has 2 aliphatic heterocycles. The molecule has 3 aliphatic rings. The zero-order valence-electron chi connectivity index (χ0n) is 15.3. The molecular weight excluding hydrogens is 336 g/mol. The Morgan fingerprint density at radius 2 is 2.00 bits per heavy atom. The highest BCUT2D eigenvalue weighted by Crippen LogP contribution is 2.38. The van der Waals surface area contributed by atoms with Gasteiger partial charge in [-0.2, -0.15) is 0 Å². The maximum Gasteiger partial charge on any atom is 0.334 e. The fourth-order valence-corrected chi connectivity index (χ4v) is 3.53. The van der Waals surface area contributed by atoms with Crippen LogP contribution in [0, 0.1) is 11.8 Å². The van der Waals surface area contributed by atoms with Crippen LogP contribution >= 0.6 is 0 Å². The third kappa shape index (κ3) is 3.45. The lowest BCUT2D eigenvalue weighted by Gasteiger charge is -2.27. The number of ether oxygens (including phenoxy) is 3. The summed E-state index contributed by atoms with van der Waals surface area (Å²) in [6, 6.07) is 0. The second kappa shape index (κ2) is 7.09. The lowest BCUT2D eigenvalue weighted by Crippen LogP contribution is -2.34. The number of hydrogen-bond acceptors (Lipinski definition) is 6. The number of carbonyl (C=O) groups is 3. The number of fused-ring (bicyclic) bond motifs is 2. The maximum absolute atomic E-state index is 12.4. The summed E-state index contributed by atoms with van der Waals surface area (Å²) < 4.78 is 16.5. The largest absolute Gasteiger partial charge is 0.458 e. The zero-order chi connectivity index (χ0) is 19.0. The standard InChI is InChI=1S/C20H24O6/c1-5-11(3)18(21)25-15-7-10(2)6-14-8-13(20(23)24-14)9-16-17(15)12(4)19(22)26-16/h7-8,11,14-17H,4-6,9H2,1-3H3/b10-7+/t11?,14-,15-,16+,17+/m1/s1. The van der Waals surface area contributed by atoms with Crippen LogP contribution in [-0.2, 0) is 28.6 Å². The normalized spacial score (nSPS) is 34.0. The topological polar surface area (TPSA) is 78.9 Å². The predicted octanol–water partition coefficient (Wildman–Crippen LogP) is 2.63. The van der Waals surface area contributed by atoms with Crippen molar-refractivity contribution in [3.63, 3.8) is 0 Å². The van der Waals surface area contributed by atoms with Gasteiger partial charge < -0.3 is 14.2 Å². The predicted molar refractivity (Wildman–Crippen MR) is 92.8 cm³/mol. The van der Waals surface area contributed by atoms with E-state index in [2.05, 4.69) is 6.58 Å². The van der Waals surface area contributed by atoms with E-state index in [1.807, 2.05) is 19.9 Å². The molecule has 2 bridgehead atoms. The van der Waals surface area contributed by atoms with Gasteiger partial charge in [0.2, 0.25) is 0 Å². The molecule has 0 amide bonds. The van der Waals surface area contributed by atoms with Gasteiger partial charge in [-0.05, 0) is 25.5 Å². The molecule has 140 valence electrons. The Labute approximate surface area is 152 Å². The third-order valence-electron chi connectivity index (χ3n) is 5.25. The van der Waals surface area contributed by atoms with Gasteiger partial charge in [0.1, 0.15) is 18.3 Å². The third-order valence-corrected chi connectivity index (χ3v) is 5.25. The first-order chi connectivity index (χ1) is 12.3. The Hall–Kier alpha value is -2.37. The summed E-state index contributed by atoms with van der Waals surface area (Å²) in [5.41, 5.74) is 1.68. The molecule has 1 fully saturated rings. The first kappa shape index (κ1) is 18.4. The van der Waals surface area contributed by atoms with Crippen LogP contribution in [-0.4, -0.2) is 36.2 Å². The fraction of sp³-hybridized carbons (Fsp3) is 0.550. The van der Waals surface area contributed by atoms with Gasteiger partial charge in [-0.1, -0.05) is 26.0 Å². The summed E-state index contributed by atoms with van der Waals surface area (Å²) in [7, 11) is 0. The van der Waals surface area contributed by atoms with Gasteiger partial charge >= 0.3 is 17.9 Å². The average Bonchev–Trinajstić information content (AvgIpc) is 3.05. The highest BCUT2D eigenvalue weighted by Gasteiger charge is 2.46. The van der Waals surface area contributed by atoms with Crippen LogP contribution in [0.5, 0.6) is 0 Å². The second-order valence-corrected chi connectivity index (χ2v) is 7.26. The van der Waals surface area contributed by atoms with Gasteiger partial charge in [0.05, 0.1) is 11.8 Å². The molecule has 1 saturated heterocycles. The molecule has 0 N–H and O–H groups in total. The summed E-state index contributed by atoms with van der Waals surface area (Å²) in [4.78, 5) is 36.6. The second-order valence-electron chi connectivity index (χ2n) is 7.26. The zero-order valence-corrected chi connectivity index (χ0v) is 15.3. The van der Waals surface area contributed by atoms with Crippen LogP contribution in [0.4, 0.5) is 0 Å². The first-order valence-electron chi connectivity index (χ1n) is 8.99. The molecule has 3 rings (SSSR count). The molecule has 0 aromatic heterocycles. The summed E-state index contributed by atoms with van der Waals surface area (Å²) >= 11 is 0. The summed E-state index contributed by atoms with van der Waals surface area (Å²) in [5.74, 6) is -1.98. The quantitative estimate of drug-likeness (QED) is 0.333. The van der Waals surface area contributed by atoms with Crippen LogP contribution in [0.1, 0.15) is 40.0 Å². The van der Waals surface area contributed by atoms with Crippen LogP contribution in [0.25, 0.3) is 0 Å². The summed E-state index contributed by atoms with van der Waals surface area (Å²) in [6.45, 7) is 9.45. The number of hydrogen-bond donors (Lipinski definition) is 0. The van der Waals surface area contributed by atoms with Crippen molar-refractivity contribution in [2.75, 3.05) is 0 Å². The van der Waals surface area contributed by atoms with Crippen molar-refractivity contribution < 1.29 is 28.6 Å². The van der Waals surface area contributed by atoms with Gasteiger partial charge in [0, 0.05) is 24.0 Å². The molecule has 6 heteroatoms. The van der Waals surface area contributed by atoms with E-state index in [0.717, 1.165) is 5.57 Å². The van der Waals surface area contributed by atoms with E-state index in [9.17, 15) is 14.4 Å². The number of rotatable bonds is 3. The molecule has 0 saturated carbocycles. The molecule has 6 nitrogen and oxygen atoms in total. The minimum absolute atomic E-state index is 0.231. The van der Waals surface area contributed by atoms with Crippen molar-refractivity contribution in [1.82, 2.24) is 0 Å². The highest BCUT2D eigenvalue weighted by atomic mass is 16.6. The van der Waals surface area contributed by atoms with Gasteiger partial charge in [-0.25, -0.2) is 9.59 Å². The van der Waals surface area contributed by atoms with Gasteiger partial charge in [0.15, 0.2) is 0 Å². The molecule has 0 aromatic rings. The molecular formula is C20H24O6. The molecule has 0 radical (unpaired) electrons. The van der Waals surface area contributed by atoms with Gasteiger partial charge in [-0.15, -0.1) is 0 Å². The van der Waals surface area contributed by atoms with Crippen molar-refractivity contribution in [2.24, 2.45) is 11.8 Å². The highest BCUT2D eigenvalue weighted by molar-refractivity contribution is 5.93. The minimum Gasteiger partial charge on any atom is -0.458 e. The number of carbonyl (C=O) groups excluding carboxylic acids is 3. The lowest BCUT2D eigenvalue weighted by atomic mass is 9.85. The summed E-state index contributed by atoms with van der Waals surface area (Å²) in [5, 5.41) is 0. The lowest BCUT2D eigenvalue weighted by molar-refractivity contribution is -0.154. The Morgan fingerprint density at radius 1 is 1.27 bits per heavy atom. The van der Waals surface area contributed by atoms with E-state index in [-0.39, 0.29) is 36.0 Å². The summed E-state index contributed by atoms with van der Waals surface area (Å²) in [6.07, 6.45) is 3.43. The molecule has 26 heavy (non-hydrogen) atoms. The fourth-order valence-electron chi connectivity index (χ4n) is 3.53. The average molecular weight is 360 g/mol. The molecule has 1 unspecified atom stereocenters. The Bertz CT molecular complexity index is 716. The minimum atomic E-state index is -0.659. The van der Waals surface area contributed by atoms with Crippen LogP contribution < -0.4 is 0 Å². The van der Waals surface area contributed by atoms with Crippen molar-refractivity contribution in [3.05, 3.63) is 35.5 Å². The molecule has 5 atom stereocenters. The van der Waals surface area contributed by atoms with Crippen LogP contribution in [0.2, 0.25) is 0 Å².